The van der Waals surface area contributed by atoms with Gasteiger partial charge in [0.1, 0.15) is 11.4 Å². The zero-order chi connectivity index (χ0) is 25.5. The summed E-state index contributed by atoms with van der Waals surface area (Å²) in [6.07, 6.45) is -1.48. The van der Waals surface area contributed by atoms with E-state index in [4.69, 9.17) is 9.26 Å². The Bertz CT molecular complexity index is 1320. The number of aliphatic hydroxyl groups excluding tert-OH is 1. The van der Waals surface area contributed by atoms with Gasteiger partial charge in [0.25, 0.3) is 5.91 Å². The Morgan fingerprint density at radius 2 is 1.64 bits per heavy atom. The number of hydrogen-bond donors (Lipinski definition) is 3. The van der Waals surface area contributed by atoms with Gasteiger partial charge in [-0.2, -0.15) is 0 Å². The summed E-state index contributed by atoms with van der Waals surface area (Å²) in [5.74, 6) is -1.37. The quantitative estimate of drug-likeness (QED) is 0.307. The van der Waals surface area contributed by atoms with E-state index in [0.29, 0.717) is 23.4 Å². The van der Waals surface area contributed by atoms with E-state index < -0.39 is 24.0 Å². The number of ether oxygens (including phenoxy) is 1. The molecule has 0 saturated heterocycles. The molecule has 2 unspecified atom stereocenters. The molecule has 0 aliphatic rings. The van der Waals surface area contributed by atoms with Crippen LogP contribution in [0.3, 0.4) is 0 Å². The lowest BCUT2D eigenvalue weighted by Crippen LogP contribution is -2.40. The summed E-state index contributed by atoms with van der Waals surface area (Å²) >= 11 is 0. The van der Waals surface area contributed by atoms with Crippen LogP contribution in [0.4, 0.5) is 0 Å². The standard InChI is InChI=1S/C28H26N2O6/c1-35-25-10-6-5-9-22(25)23-17-26(36-30-23)27(32)29-21(16-24(31)28(33)34)15-18-11-13-20(14-12-18)19-7-3-2-4-8-19/h2-14,17,21,24,31H,15-16H2,1H3,(H,29,32)(H,33,34). The Labute approximate surface area is 208 Å². The fourth-order valence-corrected chi connectivity index (χ4v) is 3.93. The highest BCUT2D eigenvalue weighted by Gasteiger charge is 2.24. The van der Waals surface area contributed by atoms with Crippen LogP contribution >= 0.6 is 0 Å². The molecule has 8 heteroatoms. The molecule has 1 heterocycles. The number of hydrogen-bond acceptors (Lipinski definition) is 6. The predicted octanol–water partition coefficient (Wildman–Crippen LogP) is 4.19. The van der Waals surface area contributed by atoms with Crippen molar-refractivity contribution in [2.75, 3.05) is 7.11 Å². The molecule has 1 aromatic heterocycles. The molecule has 3 N–H and O–H groups in total. The van der Waals surface area contributed by atoms with Gasteiger partial charge in [0.05, 0.1) is 7.11 Å². The molecule has 1 amide bonds. The van der Waals surface area contributed by atoms with Gasteiger partial charge in [0.15, 0.2) is 6.10 Å². The summed E-state index contributed by atoms with van der Waals surface area (Å²) in [4.78, 5) is 24.2. The van der Waals surface area contributed by atoms with Gasteiger partial charge in [-0.25, -0.2) is 4.79 Å². The Kier molecular flexibility index (Phi) is 7.77. The van der Waals surface area contributed by atoms with E-state index in [-0.39, 0.29) is 12.2 Å². The number of nitrogens with one attached hydrogen (secondary N) is 1. The molecule has 2 atom stereocenters. The normalized spacial score (nSPS) is 12.5. The maximum absolute atomic E-state index is 12.9. The largest absolute Gasteiger partial charge is 0.496 e. The zero-order valence-corrected chi connectivity index (χ0v) is 19.6. The van der Waals surface area contributed by atoms with E-state index in [1.807, 2.05) is 66.7 Å². The molecule has 0 radical (unpaired) electrons. The van der Waals surface area contributed by atoms with E-state index in [9.17, 15) is 19.8 Å². The van der Waals surface area contributed by atoms with Crippen LogP contribution in [-0.2, 0) is 11.2 Å². The fourth-order valence-electron chi connectivity index (χ4n) is 3.93. The molecule has 8 nitrogen and oxygen atoms in total. The zero-order valence-electron chi connectivity index (χ0n) is 19.6. The minimum absolute atomic E-state index is 0.0369. The summed E-state index contributed by atoms with van der Waals surface area (Å²) in [5, 5.41) is 25.9. The van der Waals surface area contributed by atoms with Gasteiger partial charge >= 0.3 is 5.97 Å². The molecule has 0 saturated carbocycles. The van der Waals surface area contributed by atoms with Crippen LogP contribution in [-0.4, -0.2) is 46.5 Å². The number of amides is 1. The topological polar surface area (TPSA) is 122 Å². The number of para-hydroxylation sites is 1. The number of carboxylic acid groups (broad SMARTS) is 1. The number of aromatic nitrogens is 1. The van der Waals surface area contributed by atoms with Gasteiger partial charge in [-0.1, -0.05) is 71.9 Å². The minimum Gasteiger partial charge on any atom is -0.496 e. The fraction of sp³-hybridized carbons (Fsp3) is 0.179. The Hall–Kier alpha value is -4.43. The summed E-state index contributed by atoms with van der Waals surface area (Å²) < 4.78 is 10.6. The van der Waals surface area contributed by atoms with E-state index >= 15 is 0 Å². The molecular formula is C28H26N2O6. The van der Waals surface area contributed by atoms with Crippen molar-refractivity contribution in [1.29, 1.82) is 0 Å². The highest BCUT2D eigenvalue weighted by molar-refractivity contribution is 5.92. The smallest absolute Gasteiger partial charge is 0.332 e. The second-order valence-corrected chi connectivity index (χ2v) is 8.30. The average molecular weight is 487 g/mol. The molecule has 4 aromatic rings. The molecule has 0 aliphatic heterocycles. The van der Waals surface area contributed by atoms with Crippen molar-refractivity contribution >= 4 is 11.9 Å². The van der Waals surface area contributed by atoms with Gasteiger partial charge in [-0.15, -0.1) is 0 Å². The number of nitrogens with zero attached hydrogens (tertiary/aromatic N) is 1. The Morgan fingerprint density at radius 1 is 0.972 bits per heavy atom. The number of benzene rings is 3. The third-order valence-corrected chi connectivity index (χ3v) is 5.79. The summed E-state index contributed by atoms with van der Waals surface area (Å²) in [6, 6.07) is 25.7. The molecule has 4 rings (SSSR count). The predicted molar refractivity (Wildman–Crippen MR) is 134 cm³/mol. The lowest BCUT2D eigenvalue weighted by molar-refractivity contribution is -0.147. The monoisotopic (exact) mass is 486 g/mol. The van der Waals surface area contributed by atoms with Crippen LogP contribution in [0.15, 0.2) is 89.5 Å². The van der Waals surface area contributed by atoms with Crippen LogP contribution in [0, 0.1) is 0 Å². The van der Waals surface area contributed by atoms with Crippen LogP contribution < -0.4 is 10.1 Å². The summed E-state index contributed by atoms with van der Waals surface area (Å²) in [7, 11) is 1.54. The van der Waals surface area contributed by atoms with Crippen LogP contribution in [0.25, 0.3) is 22.4 Å². The Morgan fingerprint density at radius 3 is 2.33 bits per heavy atom. The minimum atomic E-state index is -1.63. The van der Waals surface area contributed by atoms with E-state index in [2.05, 4.69) is 10.5 Å². The highest BCUT2D eigenvalue weighted by atomic mass is 16.5. The third kappa shape index (κ3) is 5.97. The SMILES string of the molecule is COc1ccccc1-c1cc(C(=O)NC(Cc2ccc(-c3ccccc3)cc2)CC(O)C(=O)O)on1. The maximum Gasteiger partial charge on any atom is 0.332 e. The Balaban J connectivity index is 1.50. The molecular weight excluding hydrogens is 460 g/mol. The van der Waals surface area contributed by atoms with Crippen molar-refractivity contribution in [2.24, 2.45) is 0 Å². The number of rotatable bonds is 10. The van der Waals surface area contributed by atoms with Crippen molar-refractivity contribution in [1.82, 2.24) is 10.5 Å². The van der Waals surface area contributed by atoms with Gasteiger partial charge in [0, 0.05) is 24.1 Å². The highest BCUT2D eigenvalue weighted by Crippen LogP contribution is 2.29. The van der Waals surface area contributed by atoms with Crippen LogP contribution in [0.1, 0.15) is 22.5 Å². The number of carboxylic acids is 1. The first-order valence-corrected chi connectivity index (χ1v) is 11.4. The summed E-state index contributed by atoms with van der Waals surface area (Å²) in [5.41, 5.74) is 4.09. The average Bonchev–Trinajstić information content (AvgIpc) is 3.40. The van der Waals surface area contributed by atoms with E-state index in [1.54, 1.807) is 12.1 Å². The second-order valence-electron chi connectivity index (χ2n) is 8.30. The van der Waals surface area contributed by atoms with Gasteiger partial charge < -0.3 is 24.8 Å². The van der Waals surface area contributed by atoms with Gasteiger partial charge in [-0.3, -0.25) is 4.79 Å². The van der Waals surface area contributed by atoms with E-state index in [0.717, 1.165) is 16.7 Å². The van der Waals surface area contributed by atoms with E-state index in [1.165, 1.54) is 13.2 Å². The molecule has 0 bridgehead atoms. The number of aliphatic hydroxyl groups is 1. The van der Waals surface area contributed by atoms with Crippen LogP contribution in [0.5, 0.6) is 5.75 Å². The first-order chi connectivity index (χ1) is 17.4. The number of aliphatic carboxylic acids is 1. The number of methoxy groups -OCH3 is 1. The molecule has 0 fully saturated rings. The number of carbonyl (C=O) groups excluding carboxylic acids is 1. The van der Waals surface area contributed by atoms with Crippen molar-refractivity contribution in [3.63, 3.8) is 0 Å². The van der Waals surface area contributed by atoms with Crippen molar-refractivity contribution in [3.8, 4) is 28.1 Å². The third-order valence-electron chi connectivity index (χ3n) is 5.79. The van der Waals surface area contributed by atoms with Gasteiger partial charge in [-0.05, 0) is 35.2 Å². The second kappa shape index (κ2) is 11.3. The molecule has 0 aliphatic carbocycles. The molecule has 3 aromatic carbocycles. The first-order valence-electron chi connectivity index (χ1n) is 11.4. The van der Waals surface area contributed by atoms with Crippen molar-refractivity contribution < 1.29 is 29.1 Å². The van der Waals surface area contributed by atoms with Crippen molar-refractivity contribution in [2.45, 2.75) is 25.0 Å². The summed E-state index contributed by atoms with van der Waals surface area (Å²) in [6.45, 7) is 0. The van der Waals surface area contributed by atoms with Crippen molar-refractivity contribution in [3.05, 3.63) is 96.3 Å². The lowest BCUT2D eigenvalue weighted by Gasteiger charge is -2.20. The maximum atomic E-state index is 12.9. The molecule has 184 valence electrons. The lowest BCUT2D eigenvalue weighted by atomic mass is 9.97. The molecule has 36 heavy (non-hydrogen) atoms. The number of carbonyl (C=O) groups is 2. The first kappa shape index (κ1) is 24.7. The van der Waals surface area contributed by atoms with Gasteiger partial charge in [0.2, 0.25) is 5.76 Å². The molecule has 0 spiro atoms. The van der Waals surface area contributed by atoms with Crippen LogP contribution in [0.2, 0.25) is 0 Å².